The molecule has 0 fully saturated rings. The maximum atomic E-state index is 11.6. The fourth-order valence-corrected chi connectivity index (χ4v) is 2.81. The molecular weight excluding hydrogens is 404 g/mol. The van der Waals surface area contributed by atoms with Crippen LogP contribution >= 0.6 is 0 Å². The molecule has 1 amide bonds. The molecule has 0 saturated carbocycles. The molecule has 0 spiro atoms. The molecule has 0 aliphatic heterocycles. The Hall–Kier alpha value is -4.46. The number of hydrogen-bond acceptors (Lipinski definition) is 7. The first kappa shape index (κ1) is 20.8. The molecule has 32 heavy (non-hydrogen) atoms. The molecule has 4 rings (SSSR count). The van der Waals surface area contributed by atoms with E-state index in [1.807, 2.05) is 54.6 Å². The van der Waals surface area contributed by atoms with Gasteiger partial charge in [0, 0.05) is 18.2 Å². The number of carbonyl (C=O) groups is 1. The predicted octanol–water partition coefficient (Wildman–Crippen LogP) is 5.50. The van der Waals surface area contributed by atoms with Crippen LogP contribution in [-0.4, -0.2) is 20.9 Å². The molecule has 8 nitrogen and oxygen atoms in total. The van der Waals surface area contributed by atoms with Crippen molar-refractivity contribution in [2.75, 3.05) is 16.0 Å². The first-order valence-corrected chi connectivity index (χ1v) is 10.1. The number of anilines is 5. The first-order chi connectivity index (χ1) is 15.7. The Morgan fingerprint density at radius 3 is 2.22 bits per heavy atom. The molecular formula is C24H22N6O2. The topological polar surface area (TPSA) is 101 Å². The van der Waals surface area contributed by atoms with Gasteiger partial charge in [-0.1, -0.05) is 31.2 Å². The van der Waals surface area contributed by atoms with Gasteiger partial charge in [0.05, 0.1) is 0 Å². The van der Waals surface area contributed by atoms with Crippen molar-refractivity contribution in [2.45, 2.75) is 13.3 Å². The third-order valence-electron chi connectivity index (χ3n) is 4.37. The fraction of sp³-hybridized carbons (Fsp3) is 0.0833. The Morgan fingerprint density at radius 2 is 1.47 bits per heavy atom. The SMILES string of the molecule is CCC(=O)Nc1cccc(Nc2cc(Nc3ccc(Oc4ccccc4)cc3)ncn2)n1. The Morgan fingerprint density at radius 1 is 0.781 bits per heavy atom. The molecule has 0 aliphatic rings. The second kappa shape index (κ2) is 10.0. The average Bonchev–Trinajstić information content (AvgIpc) is 2.81. The lowest BCUT2D eigenvalue weighted by molar-refractivity contribution is -0.115. The van der Waals surface area contributed by atoms with Crippen molar-refractivity contribution in [3.05, 3.63) is 85.2 Å². The molecule has 2 aromatic carbocycles. The van der Waals surface area contributed by atoms with Crippen molar-refractivity contribution in [2.24, 2.45) is 0 Å². The van der Waals surface area contributed by atoms with Crippen LogP contribution in [0.15, 0.2) is 85.2 Å². The number of amides is 1. The smallest absolute Gasteiger partial charge is 0.225 e. The minimum absolute atomic E-state index is 0.0941. The quantitative estimate of drug-likeness (QED) is 0.342. The third-order valence-corrected chi connectivity index (χ3v) is 4.37. The normalized spacial score (nSPS) is 10.3. The number of pyridine rings is 1. The molecule has 0 bridgehead atoms. The zero-order valence-electron chi connectivity index (χ0n) is 17.4. The van der Waals surface area contributed by atoms with Crippen LogP contribution in [0.25, 0.3) is 0 Å². The van der Waals surface area contributed by atoms with Crippen molar-refractivity contribution >= 4 is 34.9 Å². The van der Waals surface area contributed by atoms with Crippen LogP contribution in [0.5, 0.6) is 11.5 Å². The van der Waals surface area contributed by atoms with Gasteiger partial charge in [-0.15, -0.1) is 0 Å². The Bertz CT molecular complexity index is 1180. The van der Waals surface area contributed by atoms with E-state index in [9.17, 15) is 4.79 Å². The van der Waals surface area contributed by atoms with Gasteiger partial charge in [-0.3, -0.25) is 4.79 Å². The fourth-order valence-electron chi connectivity index (χ4n) is 2.81. The summed E-state index contributed by atoms with van der Waals surface area (Å²) < 4.78 is 5.81. The Kier molecular flexibility index (Phi) is 6.52. The van der Waals surface area contributed by atoms with Crippen LogP contribution < -0.4 is 20.7 Å². The van der Waals surface area contributed by atoms with Gasteiger partial charge in [-0.25, -0.2) is 15.0 Å². The van der Waals surface area contributed by atoms with E-state index in [4.69, 9.17) is 4.74 Å². The van der Waals surface area contributed by atoms with Gasteiger partial charge >= 0.3 is 0 Å². The highest BCUT2D eigenvalue weighted by Gasteiger charge is 2.05. The maximum absolute atomic E-state index is 11.6. The van der Waals surface area contributed by atoms with E-state index in [0.717, 1.165) is 17.2 Å². The molecule has 0 atom stereocenters. The summed E-state index contributed by atoms with van der Waals surface area (Å²) in [6.07, 6.45) is 1.85. The molecule has 3 N–H and O–H groups in total. The Balaban J connectivity index is 1.40. The van der Waals surface area contributed by atoms with E-state index in [1.165, 1.54) is 6.33 Å². The molecule has 2 aromatic heterocycles. The van der Waals surface area contributed by atoms with E-state index in [2.05, 4.69) is 30.9 Å². The molecule has 0 unspecified atom stereocenters. The summed E-state index contributed by atoms with van der Waals surface area (Å²) in [5.41, 5.74) is 0.859. The largest absolute Gasteiger partial charge is 0.457 e. The van der Waals surface area contributed by atoms with Crippen LogP contribution in [-0.2, 0) is 4.79 Å². The van der Waals surface area contributed by atoms with Crippen LogP contribution in [0.2, 0.25) is 0 Å². The van der Waals surface area contributed by atoms with Gasteiger partial charge in [-0.2, -0.15) is 0 Å². The predicted molar refractivity (Wildman–Crippen MR) is 125 cm³/mol. The van der Waals surface area contributed by atoms with E-state index < -0.39 is 0 Å². The number of carbonyl (C=O) groups excluding carboxylic acids is 1. The summed E-state index contributed by atoms with van der Waals surface area (Å²) >= 11 is 0. The van der Waals surface area contributed by atoms with Crippen LogP contribution in [0.1, 0.15) is 13.3 Å². The van der Waals surface area contributed by atoms with Crippen molar-refractivity contribution in [3.8, 4) is 11.5 Å². The number of rotatable bonds is 8. The van der Waals surface area contributed by atoms with Gasteiger partial charge in [0.25, 0.3) is 0 Å². The van der Waals surface area contributed by atoms with Crippen molar-refractivity contribution in [3.63, 3.8) is 0 Å². The zero-order chi connectivity index (χ0) is 22.2. The summed E-state index contributed by atoms with van der Waals surface area (Å²) in [5.74, 6) is 3.66. The summed E-state index contributed by atoms with van der Waals surface area (Å²) in [6.45, 7) is 1.79. The van der Waals surface area contributed by atoms with Gasteiger partial charge < -0.3 is 20.7 Å². The minimum atomic E-state index is -0.0941. The number of nitrogens with one attached hydrogen (secondary N) is 3. The van der Waals surface area contributed by atoms with E-state index >= 15 is 0 Å². The lowest BCUT2D eigenvalue weighted by Crippen LogP contribution is -2.11. The van der Waals surface area contributed by atoms with Crippen molar-refractivity contribution < 1.29 is 9.53 Å². The number of para-hydroxylation sites is 1. The van der Waals surface area contributed by atoms with Crippen molar-refractivity contribution in [1.29, 1.82) is 0 Å². The number of nitrogens with zero attached hydrogens (tertiary/aromatic N) is 3. The van der Waals surface area contributed by atoms with Crippen LogP contribution in [0, 0.1) is 0 Å². The standard InChI is InChI=1S/C24H22N6O2/c1-2-24(31)30-21-10-6-9-20(28-21)29-23-15-22(25-16-26-23)27-17-11-13-19(14-12-17)32-18-7-4-3-5-8-18/h3-16H,2H2,1H3,(H3,25,26,27,28,29,30,31). The number of ether oxygens (including phenoxy) is 1. The highest BCUT2D eigenvalue weighted by Crippen LogP contribution is 2.24. The molecule has 2 heterocycles. The molecule has 0 saturated heterocycles. The lowest BCUT2D eigenvalue weighted by Gasteiger charge is -2.10. The van der Waals surface area contributed by atoms with Gasteiger partial charge in [-0.05, 0) is 48.5 Å². The number of hydrogen-bond donors (Lipinski definition) is 3. The third kappa shape index (κ3) is 5.79. The van der Waals surface area contributed by atoms with E-state index in [1.54, 1.807) is 31.2 Å². The molecule has 160 valence electrons. The first-order valence-electron chi connectivity index (χ1n) is 10.1. The molecule has 8 heteroatoms. The number of aromatic nitrogens is 3. The second-order valence-electron chi connectivity index (χ2n) is 6.79. The summed E-state index contributed by atoms with van der Waals surface area (Å²) in [5, 5.41) is 9.10. The highest BCUT2D eigenvalue weighted by molar-refractivity contribution is 5.89. The molecule has 4 aromatic rings. The van der Waals surface area contributed by atoms with Gasteiger partial charge in [0.1, 0.15) is 41.1 Å². The summed E-state index contributed by atoms with van der Waals surface area (Å²) in [6, 6.07) is 24.3. The number of benzene rings is 2. The van der Waals surface area contributed by atoms with E-state index in [-0.39, 0.29) is 5.91 Å². The van der Waals surface area contributed by atoms with E-state index in [0.29, 0.717) is 29.7 Å². The van der Waals surface area contributed by atoms with Gasteiger partial charge in [0.15, 0.2) is 0 Å². The second-order valence-corrected chi connectivity index (χ2v) is 6.79. The summed E-state index contributed by atoms with van der Waals surface area (Å²) in [4.78, 5) is 24.4. The minimum Gasteiger partial charge on any atom is -0.457 e. The molecule has 0 radical (unpaired) electrons. The zero-order valence-corrected chi connectivity index (χ0v) is 17.4. The molecule has 0 aliphatic carbocycles. The monoisotopic (exact) mass is 426 g/mol. The van der Waals surface area contributed by atoms with Gasteiger partial charge in [0.2, 0.25) is 5.91 Å². The van der Waals surface area contributed by atoms with Crippen molar-refractivity contribution in [1.82, 2.24) is 15.0 Å². The Labute approximate surface area is 185 Å². The average molecular weight is 426 g/mol. The lowest BCUT2D eigenvalue weighted by atomic mass is 10.3. The summed E-state index contributed by atoms with van der Waals surface area (Å²) in [7, 11) is 0. The maximum Gasteiger partial charge on any atom is 0.225 e. The highest BCUT2D eigenvalue weighted by atomic mass is 16.5. The van der Waals surface area contributed by atoms with Crippen LogP contribution in [0.4, 0.5) is 29.0 Å². The van der Waals surface area contributed by atoms with Crippen LogP contribution in [0.3, 0.4) is 0 Å².